The summed E-state index contributed by atoms with van der Waals surface area (Å²) in [5.74, 6) is -0.00469. The van der Waals surface area contributed by atoms with Gasteiger partial charge in [-0.3, -0.25) is 0 Å². The summed E-state index contributed by atoms with van der Waals surface area (Å²) in [5.41, 5.74) is 0.882. The van der Waals surface area contributed by atoms with Crippen molar-refractivity contribution in [3.63, 3.8) is 0 Å². The van der Waals surface area contributed by atoms with Gasteiger partial charge < -0.3 is 14.0 Å². The van der Waals surface area contributed by atoms with Crippen LogP contribution >= 0.6 is 11.6 Å². The molecule has 130 valence electrons. The van der Waals surface area contributed by atoms with E-state index in [1.807, 2.05) is 0 Å². The van der Waals surface area contributed by atoms with E-state index in [1.165, 1.54) is 18.2 Å². The Hall–Kier alpha value is -2.36. The second-order valence-corrected chi connectivity index (χ2v) is 5.92. The van der Waals surface area contributed by atoms with Crippen molar-refractivity contribution in [3.05, 3.63) is 35.2 Å². The first-order chi connectivity index (χ1) is 12.2. The van der Waals surface area contributed by atoms with Gasteiger partial charge in [0.05, 0.1) is 24.4 Å². The third kappa shape index (κ3) is 3.01. The second kappa shape index (κ2) is 6.51. The molecule has 0 spiro atoms. The van der Waals surface area contributed by atoms with Crippen LogP contribution in [0.25, 0.3) is 23.0 Å². The van der Waals surface area contributed by atoms with Crippen molar-refractivity contribution in [1.82, 2.24) is 25.1 Å². The van der Waals surface area contributed by atoms with E-state index in [-0.39, 0.29) is 28.9 Å². The lowest BCUT2D eigenvalue weighted by Gasteiger charge is -2.14. The van der Waals surface area contributed by atoms with Crippen LogP contribution in [0.5, 0.6) is 0 Å². The number of ether oxygens (including phenoxy) is 2. The van der Waals surface area contributed by atoms with Gasteiger partial charge in [0.1, 0.15) is 18.0 Å². The van der Waals surface area contributed by atoms with Crippen LogP contribution in [0, 0.1) is 5.82 Å². The highest BCUT2D eigenvalue weighted by molar-refractivity contribution is 6.33. The highest BCUT2D eigenvalue weighted by Gasteiger charge is 2.31. The zero-order valence-electron chi connectivity index (χ0n) is 13.1. The third-order valence-electron chi connectivity index (χ3n) is 3.97. The number of halogens is 2. The minimum absolute atomic E-state index is 0.0693. The van der Waals surface area contributed by atoms with Crippen LogP contribution in [0.1, 0.15) is 6.04 Å². The fourth-order valence-corrected chi connectivity index (χ4v) is 2.89. The lowest BCUT2D eigenvalue weighted by Crippen LogP contribution is -2.24. The van der Waals surface area contributed by atoms with Crippen molar-refractivity contribution >= 4 is 11.6 Å². The van der Waals surface area contributed by atoms with Gasteiger partial charge in [-0.25, -0.2) is 9.07 Å². The molecule has 1 aromatic carbocycles. The normalized spacial score (nSPS) is 20.3. The minimum atomic E-state index is -0.438. The third-order valence-corrected chi connectivity index (χ3v) is 4.28. The largest absolute Gasteiger partial charge is 0.377 e. The Labute approximate surface area is 146 Å². The van der Waals surface area contributed by atoms with Crippen molar-refractivity contribution in [2.75, 3.05) is 20.3 Å². The number of nitrogens with zero attached hydrogens (tertiary/aromatic N) is 5. The molecule has 4 rings (SSSR count). The summed E-state index contributed by atoms with van der Waals surface area (Å²) < 4.78 is 30.8. The number of hydrogen-bond donors (Lipinski definition) is 0. The van der Waals surface area contributed by atoms with Crippen LogP contribution in [-0.4, -0.2) is 51.6 Å². The summed E-state index contributed by atoms with van der Waals surface area (Å²) in [6.07, 6.45) is 1.60. The van der Waals surface area contributed by atoms with Crippen molar-refractivity contribution in [3.8, 4) is 23.0 Å². The van der Waals surface area contributed by atoms with Gasteiger partial charge in [0.25, 0.3) is 5.89 Å². The topological polar surface area (TPSA) is 88.1 Å². The Bertz CT molecular complexity index is 899. The molecule has 0 bridgehead atoms. The van der Waals surface area contributed by atoms with E-state index < -0.39 is 5.82 Å². The van der Waals surface area contributed by atoms with E-state index in [1.54, 1.807) is 18.0 Å². The maximum Gasteiger partial charge on any atom is 0.280 e. The summed E-state index contributed by atoms with van der Waals surface area (Å²) in [6, 6.07) is 3.88. The number of rotatable bonds is 4. The fourth-order valence-electron chi connectivity index (χ4n) is 2.64. The molecule has 0 unspecified atom stereocenters. The zero-order valence-corrected chi connectivity index (χ0v) is 13.9. The molecule has 3 heterocycles. The molecule has 8 nitrogen and oxygen atoms in total. The Morgan fingerprint density at radius 1 is 1.36 bits per heavy atom. The second-order valence-electron chi connectivity index (χ2n) is 5.51. The number of aromatic nitrogens is 5. The van der Waals surface area contributed by atoms with Gasteiger partial charge in [-0.1, -0.05) is 22.0 Å². The van der Waals surface area contributed by atoms with Crippen LogP contribution in [0.3, 0.4) is 0 Å². The van der Waals surface area contributed by atoms with Crippen molar-refractivity contribution in [2.45, 2.75) is 12.1 Å². The highest BCUT2D eigenvalue weighted by atomic mass is 35.5. The van der Waals surface area contributed by atoms with Gasteiger partial charge in [0.15, 0.2) is 5.69 Å². The summed E-state index contributed by atoms with van der Waals surface area (Å²) >= 11 is 6.02. The van der Waals surface area contributed by atoms with Gasteiger partial charge >= 0.3 is 0 Å². The molecule has 0 radical (unpaired) electrons. The molecule has 10 heteroatoms. The summed E-state index contributed by atoms with van der Waals surface area (Å²) in [7, 11) is 1.63. The summed E-state index contributed by atoms with van der Waals surface area (Å²) in [5, 5.41) is 12.2. The molecule has 0 aliphatic carbocycles. The first kappa shape index (κ1) is 16.1. The van der Waals surface area contributed by atoms with Crippen molar-refractivity contribution in [2.24, 2.45) is 0 Å². The fraction of sp³-hybridized carbons (Fsp3) is 0.333. The molecule has 0 N–H and O–H groups in total. The van der Waals surface area contributed by atoms with Crippen LogP contribution in [0.4, 0.5) is 4.39 Å². The maximum absolute atomic E-state index is 13.2. The van der Waals surface area contributed by atoms with Crippen LogP contribution in [0.15, 0.2) is 28.9 Å². The number of benzene rings is 1. The van der Waals surface area contributed by atoms with Gasteiger partial charge in [-0.05, 0) is 18.2 Å². The molecule has 1 saturated heterocycles. The first-order valence-electron chi connectivity index (χ1n) is 7.47. The van der Waals surface area contributed by atoms with Crippen LogP contribution < -0.4 is 0 Å². The van der Waals surface area contributed by atoms with Crippen LogP contribution in [0.2, 0.25) is 5.02 Å². The Morgan fingerprint density at radius 3 is 3.04 bits per heavy atom. The molecular weight excluding hydrogens is 353 g/mol. The van der Waals surface area contributed by atoms with E-state index >= 15 is 0 Å². The summed E-state index contributed by atoms with van der Waals surface area (Å²) in [6.45, 7) is 0.992. The highest BCUT2D eigenvalue weighted by Crippen LogP contribution is 2.28. The quantitative estimate of drug-likeness (QED) is 0.701. The van der Waals surface area contributed by atoms with Crippen molar-refractivity contribution in [1.29, 1.82) is 0 Å². The molecule has 25 heavy (non-hydrogen) atoms. The molecule has 1 fully saturated rings. The number of methoxy groups -OCH3 is 1. The lowest BCUT2D eigenvalue weighted by atomic mass is 10.2. The Morgan fingerprint density at radius 2 is 2.24 bits per heavy atom. The molecule has 0 saturated carbocycles. The Kier molecular flexibility index (Phi) is 4.20. The molecule has 2 atom stereocenters. The minimum Gasteiger partial charge on any atom is -0.377 e. The summed E-state index contributed by atoms with van der Waals surface area (Å²) in [4.78, 5) is 4.26. The number of hydrogen-bond acceptors (Lipinski definition) is 7. The van der Waals surface area contributed by atoms with Crippen LogP contribution in [-0.2, 0) is 9.47 Å². The smallest absolute Gasteiger partial charge is 0.280 e. The van der Waals surface area contributed by atoms with Gasteiger partial charge in [-0.2, -0.15) is 4.98 Å². The van der Waals surface area contributed by atoms with Gasteiger partial charge in [0, 0.05) is 12.7 Å². The van der Waals surface area contributed by atoms with E-state index in [0.717, 1.165) is 0 Å². The maximum atomic E-state index is 13.2. The van der Waals surface area contributed by atoms with E-state index in [4.69, 9.17) is 25.6 Å². The molecule has 2 aromatic heterocycles. The van der Waals surface area contributed by atoms with Gasteiger partial charge in [-0.15, -0.1) is 5.10 Å². The predicted octanol–water partition coefficient (Wildman–Crippen LogP) is 2.37. The van der Waals surface area contributed by atoms with Gasteiger partial charge in [0.2, 0.25) is 5.82 Å². The standard InChI is InChI=1S/C15H13ClFN5O3/c1-23-13-7-24-6-12(13)22-5-11(19-21-22)15-18-14(20-25-15)9-3-2-8(17)4-10(9)16/h2-5,12-13H,6-7H2,1H3/t12-,13-/m1/s1. The van der Waals surface area contributed by atoms with E-state index in [2.05, 4.69) is 20.5 Å². The monoisotopic (exact) mass is 365 g/mol. The molecular formula is C15H13ClFN5O3. The SMILES string of the molecule is CO[C@@H]1COC[C@H]1n1cc(-c2nc(-c3ccc(F)cc3Cl)no2)nn1. The Balaban J connectivity index is 1.60. The lowest BCUT2D eigenvalue weighted by molar-refractivity contribution is 0.0661. The van der Waals surface area contributed by atoms with E-state index in [9.17, 15) is 4.39 Å². The average Bonchev–Trinajstić information content (AvgIpc) is 3.33. The van der Waals surface area contributed by atoms with Crippen molar-refractivity contribution < 1.29 is 18.4 Å². The molecule has 0 amide bonds. The predicted molar refractivity (Wildman–Crippen MR) is 84.4 cm³/mol. The molecule has 1 aliphatic heterocycles. The average molecular weight is 366 g/mol. The molecule has 3 aromatic rings. The first-order valence-corrected chi connectivity index (χ1v) is 7.85. The van der Waals surface area contributed by atoms with E-state index in [0.29, 0.717) is 24.5 Å². The molecule has 1 aliphatic rings. The zero-order chi connectivity index (χ0) is 17.4.